The summed E-state index contributed by atoms with van der Waals surface area (Å²) in [7, 11) is 0. The molecule has 0 bridgehead atoms. The van der Waals surface area contributed by atoms with Crippen LogP contribution in [0.15, 0.2) is 29.2 Å². The number of hydrogen-bond donors (Lipinski definition) is 1. The summed E-state index contributed by atoms with van der Waals surface area (Å²) in [5.74, 6) is 0.103. The summed E-state index contributed by atoms with van der Waals surface area (Å²) in [4.78, 5) is 14.8. The van der Waals surface area contributed by atoms with Crippen molar-refractivity contribution >= 4 is 17.7 Å². The highest BCUT2D eigenvalue weighted by Crippen LogP contribution is 2.17. The Labute approximate surface area is 122 Å². The largest absolute Gasteiger partial charge is 0.379 e. The first-order valence-corrected chi connectivity index (χ1v) is 7.68. The minimum atomic E-state index is -0.260. The summed E-state index contributed by atoms with van der Waals surface area (Å²) < 4.78 is 18.0. The number of halogens is 1. The number of hydrogen-bond acceptors (Lipinski definition) is 4. The summed E-state index contributed by atoms with van der Waals surface area (Å²) in [6.45, 7) is 4.92. The van der Waals surface area contributed by atoms with Crippen LogP contribution in [0.4, 0.5) is 4.39 Å². The van der Waals surface area contributed by atoms with E-state index in [0.29, 0.717) is 12.3 Å². The van der Waals surface area contributed by atoms with E-state index in [-0.39, 0.29) is 11.7 Å². The van der Waals surface area contributed by atoms with Crippen LogP contribution in [0.2, 0.25) is 0 Å². The quantitative estimate of drug-likeness (QED) is 0.805. The molecule has 1 aromatic carbocycles. The third-order valence-electron chi connectivity index (χ3n) is 3.04. The van der Waals surface area contributed by atoms with Gasteiger partial charge in [0.25, 0.3) is 0 Å². The summed E-state index contributed by atoms with van der Waals surface area (Å²) in [6, 6.07) is 6.17. The van der Waals surface area contributed by atoms with Gasteiger partial charge in [-0.3, -0.25) is 9.69 Å². The number of nitrogens with one attached hydrogen (secondary N) is 1. The number of carbonyl (C=O) groups is 1. The van der Waals surface area contributed by atoms with Gasteiger partial charge in [0.05, 0.1) is 19.0 Å². The molecule has 4 nitrogen and oxygen atoms in total. The number of benzene rings is 1. The number of nitrogens with zero attached hydrogens (tertiary/aromatic N) is 1. The van der Waals surface area contributed by atoms with Gasteiger partial charge in [0, 0.05) is 31.1 Å². The second kappa shape index (κ2) is 8.24. The van der Waals surface area contributed by atoms with E-state index in [1.807, 2.05) is 0 Å². The van der Waals surface area contributed by atoms with E-state index in [2.05, 4.69) is 10.2 Å². The molecule has 0 aromatic heterocycles. The summed E-state index contributed by atoms with van der Waals surface area (Å²) >= 11 is 1.41. The van der Waals surface area contributed by atoms with Crippen molar-refractivity contribution in [2.24, 2.45) is 0 Å². The molecule has 0 atom stereocenters. The van der Waals surface area contributed by atoms with Crippen LogP contribution in [0.5, 0.6) is 0 Å². The Kier molecular flexibility index (Phi) is 6.29. The first kappa shape index (κ1) is 15.3. The van der Waals surface area contributed by atoms with Gasteiger partial charge in [-0.15, -0.1) is 11.8 Å². The van der Waals surface area contributed by atoms with E-state index in [1.54, 1.807) is 12.1 Å². The zero-order valence-corrected chi connectivity index (χ0v) is 12.1. The van der Waals surface area contributed by atoms with Crippen LogP contribution in [0, 0.1) is 5.82 Å². The van der Waals surface area contributed by atoms with Gasteiger partial charge < -0.3 is 10.1 Å². The van der Waals surface area contributed by atoms with Crippen molar-refractivity contribution in [1.29, 1.82) is 0 Å². The Hall–Kier alpha value is -1.11. The molecule has 6 heteroatoms. The minimum absolute atomic E-state index is 0.00702. The second-order valence-electron chi connectivity index (χ2n) is 4.55. The van der Waals surface area contributed by atoms with Crippen LogP contribution in [0.25, 0.3) is 0 Å². The van der Waals surface area contributed by atoms with Gasteiger partial charge in [0.2, 0.25) is 5.91 Å². The average molecular weight is 298 g/mol. The van der Waals surface area contributed by atoms with E-state index >= 15 is 0 Å². The number of thioether (sulfide) groups is 1. The molecule has 1 aliphatic heterocycles. The first-order chi connectivity index (χ1) is 9.74. The molecule has 110 valence electrons. The van der Waals surface area contributed by atoms with Gasteiger partial charge in [0.1, 0.15) is 5.82 Å². The molecule has 1 amide bonds. The van der Waals surface area contributed by atoms with Gasteiger partial charge in [-0.2, -0.15) is 0 Å². The molecule has 1 aromatic rings. The van der Waals surface area contributed by atoms with Crippen molar-refractivity contribution in [3.05, 3.63) is 30.1 Å². The smallest absolute Gasteiger partial charge is 0.230 e. The van der Waals surface area contributed by atoms with E-state index in [4.69, 9.17) is 4.74 Å². The fraction of sp³-hybridized carbons (Fsp3) is 0.500. The molecular weight excluding hydrogens is 279 g/mol. The van der Waals surface area contributed by atoms with Gasteiger partial charge >= 0.3 is 0 Å². The molecular formula is C14H19FN2O2S. The Morgan fingerprint density at radius 2 is 2.00 bits per heavy atom. The molecule has 1 heterocycles. The van der Waals surface area contributed by atoms with Crippen LogP contribution in [0.1, 0.15) is 0 Å². The average Bonchev–Trinajstić information content (AvgIpc) is 2.48. The maximum Gasteiger partial charge on any atom is 0.230 e. The number of rotatable bonds is 6. The number of morpholine rings is 1. The molecule has 0 aliphatic carbocycles. The van der Waals surface area contributed by atoms with Crippen molar-refractivity contribution in [2.75, 3.05) is 45.1 Å². The number of carbonyl (C=O) groups excluding carboxylic acids is 1. The molecule has 0 saturated carbocycles. The van der Waals surface area contributed by atoms with Crippen molar-refractivity contribution in [1.82, 2.24) is 10.2 Å². The lowest BCUT2D eigenvalue weighted by Gasteiger charge is -2.26. The van der Waals surface area contributed by atoms with Crippen molar-refractivity contribution in [2.45, 2.75) is 4.90 Å². The lowest BCUT2D eigenvalue weighted by Crippen LogP contribution is -2.41. The van der Waals surface area contributed by atoms with Gasteiger partial charge in [-0.05, 0) is 24.3 Å². The lowest BCUT2D eigenvalue weighted by molar-refractivity contribution is -0.118. The molecule has 1 N–H and O–H groups in total. The standard InChI is InChI=1S/C14H19FN2O2S/c15-12-1-3-13(4-2-12)20-11-14(18)16-5-6-17-7-9-19-10-8-17/h1-4H,5-11H2,(H,16,18). The van der Waals surface area contributed by atoms with Crippen LogP contribution in [-0.4, -0.2) is 56.0 Å². The molecule has 0 spiro atoms. The fourth-order valence-corrected chi connectivity index (χ4v) is 2.64. The summed E-state index contributed by atoms with van der Waals surface area (Å²) in [5, 5.41) is 2.90. The lowest BCUT2D eigenvalue weighted by atomic mass is 10.4. The Morgan fingerprint density at radius 3 is 2.70 bits per heavy atom. The second-order valence-corrected chi connectivity index (χ2v) is 5.60. The van der Waals surface area contributed by atoms with Crippen LogP contribution in [-0.2, 0) is 9.53 Å². The molecule has 1 fully saturated rings. The Morgan fingerprint density at radius 1 is 1.30 bits per heavy atom. The molecule has 2 rings (SSSR count). The number of amides is 1. The van der Waals surface area contributed by atoms with E-state index in [1.165, 1.54) is 23.9 Å². The van der Waals surface area contributed by atoms with E-state index in [9.17, 15) is 9.18 Å². The summed E-state index contributed by atoms with van der Waals surface area (Å²) in [5.41, 5.74) is 0. The minimum Gasteiger partial charge on any atom is -0.379 e. The zero-order valence-electron chi connectivity index (χ0n) is 11.3. The highest BCUT2D eigenvalue weighted by atomic mass is 32.2. The molecule has 20 heavy (non-hydrogen) atoms. The SMILES string of the molecule is O=C(CSc1ccc(F)cc1)NCCN1CCOCC1. The van der Waals surface area contributed by atoms with Crippen molar-refractivity contribution in [3.63, 3.8) is 0 Å². The topological polar surface area (TPSA) is 41.6 Å². The van der Waals surface area contributed by atoms with E-state index < -0.39 is 0 Å². The monoisotopic (exact) mass is 298 g/mol. The molecule has 1 aliphatic rings. The predicted molar refractivity (Wildman–Crippen MR) is 77.4 cm³/mol. The van der Waals surface area contributed by atoms with E-state index in [0.717, 1.165) is 37.7 Å². The molecule has 1 saturated heterocycles. The highest BCUT2D eigenvalue weighted by molar-refractivity contribution is 8.00. The molecule has 0 unspecified atom stereocenters. The fourth-order valence-electron chi connectivity index (χ4n) is 1.91. The van der Waals surface area contributed by atoms with Crippen LogP contribution >= 0.6 is 11.8 Å². The Balaban J connectivity index is 1.59. The van der Waals surface area contributed by atoms with Gasteiger partial charge in [-0.25, -0.2) is 4.39 Å². The zero-order chi connectivity index (χ0) is 14.2. The Bertz CT molecular complexity index is 422. The first-order valence-electron chi connectivity index (χ1n) is 6.69. The van der Waals surface area contributed by atoms with Gasteiger partial charge in [0.15, 0.2) is 0 Å². The normalized spacial score (nSPS) is 16.1. The maximum atomic E-state index is 12.7. The maximum absolute atomic E-state index is 12.7. The summed E-state index contributed by atoms with van der Waals surface area (Å²) in [6.07, 6.45) is 0. The predicted octanol–water partition coefficient (Wildman–Crippen LogP) is 1.37. The third-order valence-corrected chi connectivity index (χ3v) is 4.05. The third kappa shape index (κ3) is 5.48. The number of ether oxygens (including phenoxy) is 1. The van der Waals surface area contributed by atoms with Crippen molar-refractivity contribution < 1.29 is 13.9 Å². The highest BCUT2D eigenvalue weighted by Gasteiger charge is 2.10. The van der Waals surface area contributed by atoms with Gasteiger partial charge in [-0.1, -0.05) is 0 Å². The van der Waals surface area contributed by atoms with Crippen LogP contribution < -0.4 is 5.32 Å². The molecule has 0 radical (unpaired) electrons. The van der Waals surface area contributed by atoms with Crippen LogP contribution in [0.3, 0.4) is 0 Å². The van der Waals surface area contributed by atoms with Crippen molar-refractivity contribution in [3.8, 4) is 0 Å².